The van der Waals surface area contributed by atoms with Gasteiger partial charge < -0.3 is 10.6 Å². The normalized spacial score (nSPS) is 11.2. The number of carbonyl (C=O) groups is 1. The Balaban J connectivity index is 2.27. The van der Waals surface area contributed by atoms with Gasteiger partial charge in [-0.2, -0.15) is 5.26 Å². The molecule has 134 valence electrons. The summed E-state index contributed by atoms with van der Waals surface area (Å²) in [5.74, 6) is -0.265. The number of nitrogens with one attached hydrogen (secondary N) is 2. The predicted octanol–water partition coefficient (Wildman–Crippen LogP) is 5.88. The fourth-order valence-corrected chi connectivity index (χ4v) is 2.96. The van der Waals surface area contributed by atoms with E-state index in [2.05, 4.69) is 10.6 Å². The van der Waals surface area contributed by atoms with Crippen LogP contribution in [-0.2, 0) is 4.79 Å². The molecule has 0 aromatic heterocycles. The molecule has 0 unspecified atom stereocenters. The molecule has 26 heavy (non-hydrogen) atoms. The second-order valence-electron chi connectivity index (χ2n) is 6.06. The number of nitrogens with zero attached hydrogens (tertiary/aromatic N) is 1. The first-order valence-electron chi connectivity index (χ1n) is 8.06. The lowest BCUT2D eigenvalue weighted by Crippen LogP contribution is -2.17. The van der Waals surface area contributed by atoms with Gasteiger partial charge in [-0.3, -0.25) is 4.79 Å². The van der Waals surface area contributed by atoms with Crippen LogP contribution in [0.5, 0.6) is 0 Å². The number of aryl methyl sites for hydroxylation is 1. The Labute approximate surface area is 163 Å². The summed E-state index contributed by atoms with van der Waals surface area (Å²) in [5, 5.41) is 15.8. The summed E-state index contributed by atoms with van der Waals surface area (Å²) in [4.78, 5) is 12.6. The minimum absolute atomic E-state index is 0.0843. The van der Waals surface area contributed by atoms with Gasteiger partial charge in [0.05, 0.1) is 15.7 Å². The molecule has 0 heterocycles. The molecule has 1 amide bonds. The molecular weight excluding hydrogens is 369 g/mol. The molecule has 0 aliphatic heterocycles. The van der Waals surface area contributed by atoms with E-state index in [1.54, 1.807) is 18.2 Å². The van der Waals surface area contributed by atoms with E-state index < -0.39 is 5.91 Å². The molecule has 0 aliphatic rings. The third-order valence-corrected chi connectivity index (χ3v) is 4.48. The number of halogens is 2. The molecule has 4 nitrogen and oxygen atoms in total. The van der Waals surface area contributed by atoms with Gasteiger partial charge in [0.2, 0.25) is 0 Å². The Morgan fingerprint density at radius 2 is 1.73 bits per heavy atom. The molecule has 2 N–H and O–H groups in total. The summed E-state index contributed by atoms with van der Waals surface area (Å²) in [6.45, 7) is 6.01. The summed E-state index contributed by atoms with van der Waals surface area (Å²) in [7, 11) is 0. The van der Waals surface area contributed by atoms with Crippen molar-refractivity contribution in [2.75, 3.05) is 10.6 Å². The topological polar surface area (TPSA) is 64.9 Å². The fourth-order valence-electron chi connectivity index (χ4n) is 2.45. The number of rotatable bonds is 5. The third kappa shape index (κ3) is 4.57. The van der Waals surface area contributed by atoms with Crippen molar-refractivity contribution in [3.8, 4) is 6.07 Å². The van der Waals surface area contributed by atoms with E-state index in [-0.39, 0.29) is 11.5 Å². The van der Waals surface area contributed by atoms with Gasteiger partial charge in [-0.1, -0.05) is 61.3 Å². The number of benzene rings is 2. The monoisotopic (exact) mass is 387 g/mol. The molecular formula is C20H19Cl2N3O. The van der Waals surface area contributed by atoms with Crippen molar-refractivity contribution >= 4 is 40.5 Å². The van der Waals surface area contributed by atoms with Gasteiger partial charge >= 0.3 is 0 Å². The van der Waals surface area contributed by atoms with Crippen LogP contribution in [-0.4, -0.2) is 5.91 Å². The lowest BCUT2D eigenvalue weighted by molar-refractivity contribution is -0.112. The summed E-state index contributed by atoms with van der Waals surface area (Å²) >= 11 is 12.2. The van der Waals surface area contributed by atoms with Gasteiger partial charge in [-0.15, -0.1) is 0 Å². The Morgan fingerprint density at radius 3 is 2.31 bits per heavy atom. The smallest absolute Gasteiger partial charge is 0.267 e. The van der Waals surface area contributed by atoms with Crippen LogP contribution in [0.2, 0.25) is 10.0 Å². The molecule has 2 aromatic rings. The van der Waals surface area contributed by atoms with Crippen LogP contribution in [0.15, 0.2) is 48.2 Å². The second-order valence-corrected chi connectivity index (χ2v) is 6.87. The Kier molecular flexibility index (Phi) is 6.68. The minimum Gasteiger partial charge on any atom is -0.358 e. The number of para-hydroxylation sites is 2. The first-order chi connectivity index (χ1) is 12.3. The zero-order chi connectivity index (χ0) is 19.3. The first kappa shape index (κ1) is 19.8. The standard InChI is InChI=1S/C20H19Cl2N3O/c1-12(2)15-7-4-6-13(3)18(15)25-20(26)14(10-23)11-24-19-16(21)8-5-9-17(19)22/h4-9,11-12,24H,1-3H3,(H,25,26)/b14-11-. The molecule has 0 saturated heterocycles. The van der Waals surface area contributed by atoms with Gasteiger partial charge in [0, 0.05) is 11.9 Å². The third-order valence-electron chi connectivity index (χ3n) is 3.85. The summed E-state index contributed by atoms with van der Waals surface area (Å²) in [6.07, 6.45) is 1.30. The van der Waals surface area contributed by atoms with Gasteiger partial charge in [0.1, 0.15) is 11.6 Å². The zero-order valence-electron chi connectivity index (χ0n) is 14.7. The van der Waals surface area contributed by atoms with Crippen LogP contribution in [0.4, 0.5) is 11.4 Å². The Bertz CT molecular complexity index is 878. The van der Waals surface area contributed by atoms with E-state index in [0.717, 1.165) is 16.8 Å². The second kappa shape index (κ2) is 8.75. The van der Waals surface area contributed by atoms with E-state index in [0.29, 0.717) is 15.7 Å². The quantitative estimate of drug-likeness (QED) is 0.496. The highest BCUT2D eigenvalue weighted by atomic mass is 35.5. The zero-order valence-corrected chi connectivity index (χ0v) is 16.2. The molecule has 0 spiro atoms. The molecule has 0 saturated carbocycles. The SMILES string of the molecule is Cc1cccc(C(C)C)c1NC(=O)/C(C#N)=C\Nc1c(Cl)cccc1Cl. The van der Waals surface area contributed by atoms with Crippen LogP contribution >= 0.6 is 23.2 Å². The van der Waals surface area contributed by atoms with Crippen LogP contribution in [0.1, 0.15) is 30.9 Å². The number of anilines is 2. The van der Waals surface area contributed by atoms with E-state index >= 15 is 0 Å². The average Bonchev–Trinajstić information content (AvgIpc) is 2.59. The van der Waals surface area contributed by atoms with Gasteiger partial charge in [0.15, 0.2) is 0 Å². The van der Waals surface area contributed by atoms with E-state index in [1.165, 1.54) is 6.20 Å². The van der Waals surface area contributed by atoms with Gasteiger partial charge in [0.25, 0.3) is 5.91 Å². The number of amides is 1. The van der Waals surface area contributed by atoms with Crippen LogP contribution in [0.25, 0.3) is 0 Å². The molecule has 2 rings (SSSR count). The molecule has 2 aromatic carbocycles. The number of hydrogen-bond donors (Lipinski definition) is 2. The lowest BCUT2D eigenvalue weighted by atomic mass is 9.98. The minimum atomic E-state index is -0.501. The Morgan fingerprint density at radius 1 is 1.12 bits per heavy atom. The molecule has 0 aliphatic carbocycles. The van der Waals surface area contributed by atoms with Crippen molar-refractivity contribution in [1.82, 2.24) is 0 Å². The van der Waals surface area contributed by atoms with Crippen molar-refractivity contribution in [3.63, 3.8) is 0 Å². The average molecular weight is 388 g/mol. The predicted molar refractivity (Wildman–Crippen MR) is 108 cm³/mol. The van der Waals surface area contributed by atoms with Crippen molar-refractivity contribution in [1.29, 1.82) is 5.26 Å². The molecule has 0 bridgehead atoms. The maximum Gasteiger partial charge on any atom is 0.267 e. The molecule has 0 radical (unpaired) electrons. The number of nitriles is 1. The maximum absolute atomic E-state index is 12.6. The van der Waals surface area contributed by atoms with Crippen LogP contribution in [0.3, 0.4) is 0 Å². The maximum atomic E-state index is 12.6. The number of hydrogen-bond acceptors (Lipinski definition) is 3. The van der Waals surface area contributed by atoms with Crippen molar-refractivity contribution < 1.29 is 4.79 Å². The molecule has 0 fully saturated rings. The van der Waals surface area contributed by atoms with E-state index in [1.807, 2.05) is 45.0 Å². The summed E-state index contributed by atoms with van der Waals surface area (Å²) < 4.78 is 0. The van der Waals surface area contributed by atoms with Crippen molar-refractivity contribution in [2.45, 2.75) is 26.7 Å². The van der Waals surface area contributed by atoms with Crippen LogP contribution < -0.4 is 10.6 Å². The highest BCUT2D eigenvalue weighted by molar-refractivity contribution is 6.39. The largest absolute Gasteiger partial charge is 0.358 e. The van der Waals surface area contributed by atoms with Crippen molar-refractivity contribution in [3.05, 3.63) is 69.3 Å². The summed E-state index contributed by atoms with van der Waals surface area (Å²) in [6, 6.07) is 12.8. The van der Waals surface area contributed by atoms with E-state index in [9.17, 15) is 10.1 Å². The fraction of sp³-hybridized carbons (Fsp3) is 0.200. The molecule has 6 heteroatoms. The van der Waals surface area contributed by atoms with Crippen molar-refractivity contribution in [2.24, 2.45) is 0 Å². The van der Waals surface area contributed by atoms with Gasteiger partial charge in [-0.25, -0.2) is 0 Å². The lowest BCUT2D eigenvalue weighted by Gasteiger charge is -2.16. The Hall–Kier alpha value is -2.48. The van der Waals surface area contributed by atoms with E-state index in [4.69, 9.17) is 23.2 Å². The van der Waals surface area contributed by atoms with Gasteiger partial charge in [-0.05, 0) is 36.1 Å². The van der Waals surface area contributed by atoms with Crippen LogP contribution in [0, 0.1) is 18.3 Å². The first-order valence-corrected chi connectivity index (χ1v) is 8.82. The summed E-state index contributed by atoms with van der Waals surface area (Å²) in [5.41, 5.74) is 3.03. The highest BCUT2D eigenvalue weighted by Gasteiger charge is 2.15. The number of carbonyl (C=O) groups excluding carboxylic acids is 1. The highest BCUT2D eigenvalue weighted by Crippen LogP contribution is 2.30. The molecule has 0 atom stereocenters.